The van der Waals surface area contributed by atoms with Crippen LogP contribution < -0.4 is 5.46 Å². The number of hydrogen-bond donors (Lipinski definition) is 2. The molecule has 0 fully saturated rings. The molecule has 0 aliphatic heterocycles. The molecule has 8 heteroatoms. The number of hydrogen-bond acceptors (Lipinski definition) is 3. The Hall–Kier alpha value is -0.595. The van der Waals surface area contributed by atoms with Crippen molar-refractivity contribution in [2.24, 2.45) is 0 Å². The minimum absolute atomic E-state index is 0.101. The van der Waals surface area contributed by atoms with Gasteiger partial charge >= 0.3 is 13.3 Å². The van der Waals surface area contributed by atoms with E-state index >= 15 is 0 Å². The molecule has 3 nitrogen and oxygen atoms in total. The summed E-state index contributed by atoms with van der Waals surface area (Å²) in [6.07, 6.45) is -4.60. The predicted octanol–water partition coefficient (Wildman–Crippen LogP) is 0.543. The molecule has 14 heavy (non-hydrogen) atoms. The molecule has 0 saturated carbocycles. The second-order valence-electron chi connectivity index (χ2n) is 2.48. The van der Waals surface area contributed by atoms with Crippen LogP contribution in [0.4, 0.5) is 13.2 Å². The first kappa shape index (κ1) is 11.5. The Balaban J connectivity index is 3.21. The van der Waals surface area contributed by atoms with Crippen LogP contribution in [0.1, 0.15) is 5.69 Å². The zero-order valence-corrected chi connectivity index (χ0v) is 8.17. The molecule has 0 aromatic carbocycles. The molecular weight excluding hydrogens is 266 g/mol. The maximum Gasteiger partial charge on any atom is 0.488 e. The third-order valence-corrected chi connectivity index (χ3v) is 1.81. The summed E-state index contributed by atoms with van der Waals surface area (Å²) < 4.78 is 36.4. The Kier molecular flexibility index (Phi) is 3.18. The number of pyridine rings is 1. The highest BCUT2D eigenvalue weighted by atomic mass is 79.9. The second-order valence-corrected chi connectivity index (χ2v) is 3.29. The van der Waals surface area contributed by atoms with Crippen LogP contribution >= 0.6 is 15.9 Å². The average Bonchev–Trinajstić information content (AvgIpc) is 2.01. The highest BCUT2D eigenvalue weighted by molar-refractivity contribution is 9.10. The van der Waals surface area contributed by atoms with Gasteiger partial charge in [0.1, 0.15) is 10.3 Å². The second kappa shape index (κ2) is 3.88. The molecule has 1 rings (SSSR count). The van der Waals surface area contributed by atoms with E-state index in [-0.39, 0.29) is 10.1 Å². The van der Waals surface area contributed by atoms with E-state index in [0.29, 0.717) is 6.07 Å². The van der Waals surface area contributed by atoms with Crippen LogP contribution in [0.5, 0.6) is 0 Å². The van der Waals surface area contributed by atoms with E-state index in [9.17, 15) is 13.2 Å². The maximum absolute atomic E-state index is 12.2. The van der Waals surface area contributed by atoms with Crippen LogP contribution in [0, 0.1) is 0 Å². The molecule has 76 valence electrons. The standard InChI is InChI=1S/C6H4BBrF3NO2/c8-5-2-3(7(13)14)1-4(12-5)6(9,10)11/h1-2,13-14H. The van der Waals surface area contributed by atoms with Crippen LogP contribution in [0.15, 0.2) is 16.7 Å². The molecule has 2 N–H and O–H groups in total. The Morgan fingerprint density at radius 3 is 2.29 bits per heavy atom. The van der Waals surface area contributed by atoms with Crippen molar-refractivity contribution in [3.63, 3.8) is 0 Å². The van der Waals surface area contributed by atoms with Crippen molar-refractivity contribution in [2.45, 2.75) is 6.18 Å². The van der Waals surface area contributed by atoms with E-state index in [1.165, 1.54) is 0 Å². The van der Waals surface area contributed by atoms with Crippen molar-refractivity contribution in [2.75, 3.05) is 0 Å². The Morgan fingerprint density at radius 1 is 1.29 bits per heavy atom. The number of halogens is 4. The van der Waals surface area contributed by atoms with Crippen molar-refractivity contribution in [3.05, 3.63) is 22.4 Å². The van der Waals surface area contributed by atoms with E-state index in [1.807, 2.05) is 0 Å². The van der Waals surface area contributed by atoms with E-state index in [2.05, 4.69) is 20.9 Å². The number of alkyl halides is 3. The van der Waals surface area contributed by atoms with Crippen molar-refractivity contribution in [1.82, 2.24) is 4.98 Å². The van der Waals surface area contributed by atoms with Gasteiger partial charge in [-0.1, -0.05) is 0 Å². The number of rotatable bonds is 1. The lowest BCUT2D eigenvalue weighted by molar-refractivity contribution is -0.141. The molecule has 0 radical (unpaired) electrons. The third kappa shape index (κ3) is 2.69. The van der Waals surface area contributed by atoms with Crippen LogP contribution in [0.25, 0.3) is 0 Å². The van der Waals surface area contributed by atoms with Crippen LogP contribution in [-0.4, -0.2) is 22.2 Å². The molecule has 1 heterocycles. The number of nitrogens with zero attached hydrogens (tertiary/aromatic N) is 1. The zero-order valence-electron chi connectivity index (χ0n) is 6.59. The smallest absolute Gasteiger partial charge is 0.423 e. The fourth-order valence-electron chi connectivity index (χ4n) is 0.811. The first-order valence-corrected chi connectivity index (χ1v) is 4.21. The minimum Gasteiger partial charge on any atom is -0.423 e. The summed E-state index contributed by atoms with van der Waals surface area (Å²) in [6.45, 7) is 0. The van der Waals surface area contributed by atoms with Gasteiger partial charge in [0.15, 0.2) is 0 Å². The molecule has 0 aliphatic rings. The Labute approximate surface area is 85.9 Å². The van der Waals surface area contributed by atoms with E-state index in [4.69, 9.17) is 10.0 Å². The maximum atomic E-state index is 12.2. The van der Waals surface area contributed by atoms with Crippen LogP contribution in [0.3, 0.4) is 0 Å². The zero-order chi connectivity index (χ0) is 10.9. The molecule has 0 saturated heterocycles. The summed E-state index contributed by atoms with van der Waals surface area (Å²) in [5.74, 6) is 0. The minimum atomic E-state index is -4.60. The summed E-state index contributed by atoms with van der Waals surface area (Å²) in [4.78, 5) is 3.16. The third-order valence-electron chi connectivity index (χ3n) is 1.40. The monoisotopic (exact) mass is 269 g/mol. The SMILES string of the molecule is OB(O)c1cc(Br)nc(C(F)(F)F)c1. The van der Waals surface area contributed by atoms with Gasteiger partial charge in [0.05, 0.1) is 0 Å². The number of aromatic nitrogens is 1. The Morgan fingerprint density at radius 2 is 1.86 bits per heavy atom. The molecular formula is C6H4BBrF3NO2. The van der Waals surface area contributed by atoms with E-state index in [0.717, 1.165) is 6.07 Å². The van der Waals surface area contributed by atoms with Gasteiger partial charge in [-0.25, -0.2) is 4.98 Å². The van der Waals surface area contributed by atoms with Gasteiger partial charge in [-0.15, -0.1) is 0 Å². The van der Waals surface area contributed by atoms with Crippen molar-refractivity contribution >= 4 is 28.5 Å². The van der Waals surface area contributed by atoms with Gasteiger partial charge in [-0.05, 0) is 33.5 Å². The van der Waals surface area contributed by atoms with Gasteiger partial charge in [0, 0.05) is 0 Å². The summed E-state index contributed by atoms with van der Waals surface area (Å²) in [7, 11) is -1.95. The summed E-state index contributed by atoms with van der Waals surface area (Å²) in [5.41, 5.74) is -1.44. The summed E-state index contributed by atoms with van der Waals surface area (Å²) in [5, 5.41) is 17.4. The predicted molar refractivity (Wildman–Crippen MR) is 46.8 cm³/mol. The molecule has 0 unspecified atom stereocenters. The fraction of sp³-hybridized carbons (Fsp3) is 0.167. The molecule has 1 aromatic heterocycles. The van der Waals surface area contributed by atoms with Gasteiger partial charge in [0.2, 0.25) is 0 Å². The van der Waals surface area contributed by atoms with Gasteiger partial charge in [-0.3, -0.25) is 0 Å². The highest BCUT2D eigenvalue weighted by Gasteiger charge is 2.33. The normalized spacial score (nSPS) is 11.6. The first-order chi connectivity index (χ1) is 6.30. The van der Waals surface area contributed by atoms with E-state index in [1.54, 1.807) is 0 Å². The van der Waals surface area contributed by atoms with E-state index < -0.39 is 19.0 Å². The van der Waals surface area contributed by atoms with Crippen molar-refractivity contribution < 1.29 is 23.2 Å². The van der Waals surface area contributed by atoms with Crippen LogP contribution in [0.2, 0.25) is 0 Å². The Bertz CT molecular complexity index is 344. The molecule has 0 spiro atoms. The quantitative estimate of drug-likeness (QED) is 0.578. The largest absolute Gasteiger partial charge is 0.488 e. The fourth-order valence-corrected chi connectivity index (χ4v) is 1.27. The van der Waals surface area contributed by atoms with Gasteiger partial charge in [0.25, 0.3) is 0 Å². The highest BCUT2D eigenvalue weighted by Crippen LogP contribution is 2.27. The van der Waals surface area contributed by atoms with Crippen LogP contribution in [-0.2, 0) is 6.18 Å². The summed E-state index contributed by atoms with van der Waals surface area (Å²) >= 11 is 2.74. The topological polar surface area (TPSA) is 53.4 Å². The lowest BCUT2D eigenvalue weighted by Gasteiger charge is -2.08. The lowest BCUT2D eigenvalue weighted by Crippen LogP contribution is -2.31. The molecule has 1 aromatic rings. The van der Waals surface area contributed by atoms with Crippen molar-refractivity contribution in [3.8, 4) is 0 Å². The van der Waals surface area contributed by atoms with Gasteiger partial charge in [-0.2, -0.15) is 13.2 Å². The molecule has 0 bridgehead atoms. The summed E-state index contributed by atoms with van der Waals surface area (Å²) in [6, 6.07) is 1.68. The molecule has 0 amide bonds. The van der Waals surface area contributed by atoms with Gasteiger partial charge < -0.3 is 10.0 Å². The molecule has 0 aliphatic carbocycles. The first-order valence-electron chi connectivity index (χ1n) is 3.41. The average molecular weight is 270 g/mol. The lowest BCUT2D eigenvalue weighted by atomic mass is 9.80. The van der Waals surface area contributed by atoms with Crippen molar-refractivity contribution in [1.29, 1.82) is 0 Å². The molecule has 0 atom stereocenters.